The highest BCUT2D eigenvalue weighted by Crippen LogP contribution is 2.47. The number of unbranched alkanes of at least 4 members (excludes halogenated alkanes) is 2. The van der Waals surface area contributed by atoms with Gasteiger partial charge in [0.1, 0.15) is 5.75 Å². The molecule has 1 amide bonds. The molecule has 0 aromatic heterocycles. The van der Waals surface area contributed by atoms with Crippen LogP contribution in [0.2, 0.25) is 0 Å². The number of ether oxygens (including phenoxy) is 3. The highest BCUT2D eigenvalue weighted by Gasteiger charge is 2.48. The SMILES string of the molecule is CCCCN(CCCC[N+](C)(C)C)C(=O)CN1C[C@@H](c2ccc3c(c2)OCO3)[C@H](C(=O)O)[C@H]1c1ccc(OC)cc1. The van der Waals surface area contributed by atoms with Crippen LogP contribution in [0.5, 0.6) is 17.2 Å². The van der Waals surface area contributed by atoms with E-state index in [2.05, 4.69) is 33.0 Å². The predicted octanol–water partition coefficient (Wildman–Crippen LogP) is 4.38. The summed E-state index contributed by atoms with van der Waals surface area (Å²) in [5.74, 6) is 0.0918. The van der Waals surface area contributed by atoms with E-state index < -0.39 is 17.9 Å². The molecule has 2 aromatic carbocycles. The average molecular weight is 569 g/mol. The summed E-state index contributed by atoms with van der Waals surface area (Å²) in [5.41, 5.74) is 1.73. The molecule has 0 bridgehead atoms. The first-order valence-corrected chi connectivity index (χ1v) is 14.7. The van der Waals surface area contributed by atoms with Crippen LogP contribution in [0.3, 0.4) is 0 Å². The highest BCUT2D eigenvalue weighted by atomic mass is 16.7. The first-order valence-electron chi connectivity index (χ1n) is 14.7. The van der Waals surface area contributed by atoms with Gasteiger partial charge in [0.05, 0.1) is 47.3 Å². The number of fused-ring (bicyclic) bond motifs is 1. The standard InChI is InChI=1S/C32H45N3O6/c1-6-7-16-33(17-8-9-18-35(2,3)4)29(36)21-34-20-26(24-12-15-27-28(19-24)41-22-40-27)30(32(37)38)31(34)23-10-13-25(39-5)14-11-23/h10-15,19,26,30-31H,6-9,16-18,20-22H2,1-5H3/p+1/t26-,30-,31+/m0/s1. The van der Waals surface area contributed by atoms with E-state index in [-0.39, 0.29) is 25.2 Å². The quantitative estimate of drug-likeness (QED) is 0.267. The second-order valence-corrected chi connectivity index (χ2v) is 12.2. The van der Waals surface area contributed by atoms with Crippen molar-refractivity contribution < 1.29 is 33.4 Å². The molecule has 3 atom stereocenters. The Morgan fingerprint density at radius 1 is 1.00 bits per heavy atom. The monoisotopic (exact) mass is 568 g/mol. The van der Waals surface area contributed by atoms with Crippen molar-refractivity contribution in [2.45, 2.75) is 44.6 Å². The summed E-state index contributed by atoms with van der Waals surface area (Å²) >= 11 is 0. The van der Waals surface area contributed by atoms with Crippen LogP contribution in [-0.2, 0) is 9.59 Å². The second kappa shape index (κ2) is 13.6. The Labute approximate surface area is 244 Å². The molecule has 9 heteroatoms. The van der Waals surface area contributed by atoms with Gasteiger partial charge in [-0.25, -0.2) is 0 Å². The number of nitrogens with zero attached hydrogens (tertiary/aromatic N) is 3. The fraction of sp³-hybridized carbons (Fsp3) is 0.562. The lowest BCUT2D eigenvalue weighted by atomic mass is 9.82. The summed E-state index contributed by atoms with van der Waals surface area (Å²) in [4.78, 5) is 30.7. The van der Waals surface area contributed by atoms with Gasteiger partial charge in [0.25, 0.3) is 0 Å². The number of aliphatic carboxylic acids is 1. The summed E-state index contributed by atoms with van der Waals surface area (Å²) in [5, 5.41) is 10.6. The van der Waals surface area contributed by atoms with Crippen molar-refractivity contribution in [1.29, 1.82) is 0 Å². The molecule has 0 unspecified atom stereocenters. The van der Waals surface area contributed by atoms with E-state index in [1.165, 1.54) is 0 Å². The van der Waals surface area contributed by atoms with Crippen molar-refractivity contribution in [2.75, 3.05) is 67.8 Å². The van der Waals surface area contributed by atoms with Crippen molar-refractivity contribution in [3.63, 3.8) is 0 Å². The van der Waals surface area contributed by atoms with Crippen molar-refractivity contribution in [3.05, 3.63) is 53.6 Å². The third-order valence-corrected chi connectivity index (χ3v) is 8.15. The predicted molar refractivity (Wildman–Crippen MR) is 157 cm³/mol. The molecule has 2 aliphatic heterocycles. The molecular formula is C32H46N3O6+. The normalized spacial score (nSPS) is 20.3. The lowest BCUT2D eigenvalue weighted by molar-refractivity contribution is -0.870. The fourth-order valence-electron chi connectivity index (χ4n) is 5.95. The minimum atomic E-state index is -0.883. The number of rotatable bonds is 14. The van der Waals surface area contributed by atoms with Gasteiger partial charge in [0.15, 0.2) is 11.5 Å². The Hall–Kier alpha value is -3.30. The number of methoxy groups -OCH3 is 1. The Morgan fingerprint density at radius 3 is 2.34 bits per heavy atom. The lowest BCUT2D eigenvalue weighted by Crippen LogP contribution is -2.42. The molecule has 9 nitrogen and oxygen atoms in total. The number of likely N-dealkylation sites (tertiary alicyclic amines) is 1. The van der Waals surface area contributed by atoms with E-state index in [1.54, 1.807) is 7.11 Å². The molecule has 0 spiro atoms. The molecule has 0 radical (unpaired) electrons. The molecule has 2 aliphatic rings. The van der Waals surface area contributed by atoms with Crippen LogP contribution in [0.1, 0.15) is 55.7 Å². The highest BCUT2D eigenvalue weighted by molar-refractivity contribution is 5.79. The Bertz CT molecular complexity index is 1180. The number of carbonyl (C=O) groups is 2. The molecule has 224 valence electrons. The van der Waals surface area contributed by atoms with Crippen LogP contribution in [0.25, 0.3) is 0 Å². The molecule has 1 N–H and O–H groups in total. The molecule has 1 fully saturated rings. The third-order valence-electron chi connectivity index (χ3n) is 8.15. The maximum Gasteiger partial charge on any atom is 0.309 e. The minimum absolute atomic E-state index is 0.0534. The summed E-state index contributed by atoms with van der Waals surface area (Å²) in [7, 11) is 8.16. The summed E-state index contributed by atoms with van der Waals surface area (Å²) < 4.78 is 17.3. The second-order valence-electron chi connectivity index (χ2n) is 12.2. The Morgan fingerprint density at radius 2 is 1.68 bits per heavy atom. The third kappa shape index (κ3) is 7.71. The molecule has 0 saturated carbocycles. The van der Waals surface area contributed by atoms with Crippen molar-refractivity contribution >= 4 is 11.9 Å². The summed E-state index contributed by atoms with van der Waals surface area (Å²) in [6, 6.07) is 12.7. The first kappa shape index (κ1) is 30.7. The molecule has 41 heavy (non-hydrogen) atoms. The number of carbonyl (C=O) groups excluding carboxylic acids is 1. The van der Waals surface area contributed by atoms with Gasteiger partial charge in [0, 0.05) is 31.6 Å². The van der Waals surface area contributed by atoms with E-state index in [0.717, 1.165) is 47.8 Å². The molecule has 2 heterocycles. The number of hydrogen-bond donors (Lipinski definition) is 1. The molecular weight excluding hydrogens is 522 g/mol. The molecule has 0 aliphatic carbocycles. The van der Waals surface area contributed by atoms with Crippen LogP contribution < -0.4 is 14.2 Å². The van der Waals surface area contributed by atoms with Crippen molar-refractivity contribution in [1.82, 2.24) is 9.80 Å². The summed E-state index contributed by atoms with van der Waals surface area (Å²) in [6.45, 7) is 5.39. The van der Waals surface area contributed by atoms with Gasteiger partial charge in [0.2, 0.25) is 12.7 Å². The van der Waals surface area contributed by atoms with E-state index in [0.29, 0.717) is 36.9 Å². The Kier molecular flexibility index (Phi) is 10.1. The maximum absolute atomic E-state index is 13.8. The lowest BCUT2D eigenvalue weighted by Gasteiger charge is -2.30. The van der Waals surface area contributed by atoms with E-state index in [9.17, 15) is 14.7 Å². The zero-order valence-corrected chi connectivity index (χ0v) is 25.2. The number of benzene rings is 2. The number of amides is 1. The number of carboxylic acids is 1. The topological polar surface area (TPSA) is 88.5 Å². The van der Waals surface area contributed by atoms with Gasteiger partial charge in [-0.3, -0.25) is 14.5 Å². The smallest absolute Gasteiger partial charge is 0.309 e. The van der Waals surface area contributed by atoms with Crippen molar-refractivity contribution in [2.24, 2.45) is 5.92 Å². The van der Waals surface area contributed by atoms with E-state index in [4.69, 9.17) is 14.2 Å². The van der Waals surface area contributed by atoms with Crippen LogP contribution >= 0.6 is 0 Å². The average Bonchev–Trinajstić information content (AvgIpc) is 3.56. The fourth-order valence-corrected chi connectivity index (χ4v) is 5.95. The first-order chi connectivity index (χ1) is 19.6. The van der Waals surface area contributed by atoms with Crippen LogP contribution in [0.4, 0.5) is 0 Å². The van der Waals surface area contributed by atoms with Crippen LogP contribution in [0.15, 0.2) is 42.5 Å². The maximum atomic E-state index is 13.8. The largest absolute Gasteiger partial charge is 0.497 e. The zero-order valence-electron chi connectivity index (χ0n) is 25.2. The van der Waals surface area contributed by atoms with E-state index in [1.807, 2.05) is 47.4 Å². The van der Waals surface area contributed by atoms with Gasteiger partial charge >= 0.3 is 5.97 Å². The molecule has 4 rings (SSSR count). The number of quaternary nitrogens is 1. The summed E-state index contributed by atoms with van der Waals surface area (Å²) in [6.07, 6.45) is 3.95. The van der Waals surface area contributed by atoms with Crippen LogP contribution in [0, 0.1) is 5.92 Å². The van der Waals surface area contributed by atoms with Crippen molar-refractivity contribution in [3.8, 4) is 17.2 Å². The minimum Gasteiger partial charge on any atom is -0.497 e. The van der Waals surface area contributed by atoms with E-state index >= 15 is 0 Å². The van der Waals surface area contributed by atoms with Gasteiger partial charge in [-0.1, -0.05) is 31.5 Å². The number of hydrogen-bond acceptors (Lipinski definition) is 6. The Balaban J connectivity index is 1.60. The zero-order chi connectivity index (χ0) is 29.6. The van der Waals surface area contributed by atoms with Crippen LogP contribution in [-0.4, -0.2) is 99.0 Å². The molecule has 2 aromatic rings. The number of carboxylic acid groups (broad SMARTS) is 1. The van der Waals surface area contributed by atoms with Gasteiger partial charge < -0.3 is 28.7 Å². The van der Waals surface area contributed by atoms with Gasteiger partial charge in [-0.05, 0) is 54.7 Å². The van der Waals surface area contributed by atoms with Gasteiger partial charge in [-0.15, -0.1) is 0 Å². The van der Waals surface area contributed by atoms with Gasteiger partial charge in [-0.2, -0.15) is 0 Å². The molecule has 1 saturated heterocycles.